The third-order valence-electron chi connectivity index (χ3n) is 3.03. The smallest absolute Gasteiger partial charge is 0.223 e. The first-order valence-corrected chi connectivity index (χ1v) is 6.36. The molecule has 0 aliphatic carbocycles. The summed E-state index contributed by atoms with van der Waals surface area (Å²) in [5.74, 6) is 1.10. The maximum absolute atomic E-state index is 11.6. The van der Waals surface area contributed by atoms with E-state index in [1.165, 1.54) is 0 Å². The molecule has 1 saturated heterocycles. The molecule has 1 amide bonds. The molecule has 1 heterocycles. The van der Waals surface area contributed by atoms with Gasteiger partial charge in [0.15, 0.2) is 0 Å². The molecule has 1 aromatic rings. The maximum atomic E-state index is 11.6. The molecule has 1 aromatic carbocycles. The summed E-state index contributed by atoms with van der Waals surface area (Å²) in [5.41, 5.74) is 0. The fraction of sp³-hybridized carbons (Fsp3) is 0.357. The average Bonchev–Trinajstić information content (AvgIpc) is 2.73. The minimum Gasteiger partial charge on any atom is -0.490 e. The topological polar surface area (TPSA) is 29.5 Å². The lowest BCUT2D eigenvalue weighted by atomic mass is 10.1. The summed E-state index contributed by atoms with van der Waals surface area (Å²) in [6.07, 6.45) is 2.41. The number of hydrogen-bond acceptors (Lipinski definition) is 2. The van der Waals surface area contributed by atoms with Crippen molar-refractivity contribution < 1.29 is 9.53 Å². The fourth-order valence-corrected chi connectivity index (χ4v) is 2.19. The van der Waals surface area contributed by atoms with Gasteiger partial charge in [-0.15, -0.1) is 6.58 Å². The molecule has 0 N–H and O–H groups in total. The van der Waals surface area contributed by atoms with Gasteiger partial charge in [0.05, 0.1) is 11.6 Å². The zero-order valence-electron chi connectivity index (χ0n) is 10.1. The van der Waals surface area contributed by atoms with Crippen LogP contribution in [0.25, 0.3) is 0 Å². The predicted octanol–water partition coefficient (Wildman–Crippen LogP) is 2.75. The summed E-state index contributed by atoms with van der Waals surface area (Å²) in [6, 6.07) is 7.33. The van der Waals surface area contributed by atoms with Crippen LogP contribution >= 0.6 is 11.6 Å². The Hall–Kier alpha value is -1.48. The van der Waals surface area contributed by atoms with E-state index in [1.54, 1.807) is 6.07 Å². The number of carbonyl (C=O) groups is 1. The highest BCUT2D eigenvalue weighted by atomic mass is 35.5. The Bertz CT molecular complexity index is 447. The van der Waals surface area contributed by atoms with Crippen molar-refractivity contribution in [1.82, 2.24) is 4.90 Å². The van der Waals surface area contributed by atoms with Crippen molar-refractivity contribution in [3.8, 4) is 5.75 Å². The SMILES string of the molecule is C=CC1CC(=O)N(CCOc2ccccc2Cl)C1. The number of hydrogen-bond donors (Lipinski definition) is 0. The lowest BCUT2D eigenvalue weighted by Crippen LogP contribution is -2.29. The first-order valence-electron chi connectivity index (χ1n) is 5.98. The van der Waals surface area contributed by atoms with Crippen molar-refractivity contribution in [1.29, 1.82) is 0 Å². The molecule has 4 heteroatoms. The molecule has 3 nitrogen and oxygen atoms in total. The number of amides is 1. The van der Waals surface area contributed by atoms with Crippen LogP contribution in [0.15, 0.2) is 36.9 Å². The van der Waals surface area contributed by atoms with Gasteiger partial charge >= 0.3 is 0 Å². The van der Waals surface area contributed by atoms with E-state index in [1.807, 2.05) is 29.2 Å². The Morgan fingerprint density at radius 3 is 2.94 bits per heavy atom. The van der Waals surface area contributed by atoms with Crippen molar-refractivity contribution in [3.05, 3.63) is 41.9 Å². The Balaban J connectivity index is 1.81. The van der Waals surface area contributed by atoms with Gasteiger partial charge in [0.25, 0.3) is 0 Å². The van der Waals surface area contributed by atoms with Crippen LogP contribution < -0.4 is 4.74 Å². The highest BCUT2D eigenvalue weighted by Crippen LogP contribution is 2.23. The third-order valence-corrected chi connectivity index (χ3v) is 3.35. The van der Waals surface area contributed by atoms with Crippen LogP contribution in [0, 0.1) is 5.92 Å². The molecule has 0 bridgehead atoms. The summed E-state index contributed by atoms with van der Waals surface area (Å²) in [5, 5.41) is 0.592. The number of nitrogens with zero attached hydrogens (tertiary/aromatic N) is 1. The molecular formula is C14H16ClNO2. The van der Waals surface area contributed by atoms with Crippen molar-refractivity contribution >= 4 is 17.5 Å². The van der Waals surface area contributed by atoms with Gasteiger partial charge in [0.1, 0.15) is 12.4 Å². The number of benzene rings is 1. The van der Waals surface area contributed by atoms with Crippen molar-refractivity contribution in [2.45, 2.75) is 6.42 Å². The van der Waals surface area contributed by atoms with Gasteiger partial charge in [-0.1, -0.05) is 29.8 Å². The molecular weight excluding hydrogens is 250 g/mol. The summed E-state index contributed by atoms with van der Waals surface area (Å²) in [6.45, 7) is 5.52. The Labute approximate surface area is 112 Å². The summed E-state index contributed by atoms with van der Waals surface area (Å²) in [4.78, 5) is 13.5. The molecule has 18 heavy (non-hydrogen) atoms. The molecule has 1 aliphatic rings. The minimum absolute atomic E-state index is 0.169. The first kappa shape index (κ1) is 13.0. The van der Waals surface area contributed by atoms with Crippen molar-refractivity contribution in [2.24, 2.45) is 5.92 Å². The number of ether oxygens (including phenoxy) is 1. The monoisotopic (exact) mass is 265 g/mol. The highest BCUT2D eigenvalue weighted by Gasteiger charge is 2.26. The van der Waals surface area contributed by atoms with Gasteiger partial charge in [-0.2, -0.15) is 0 Å². The average molecular weight is 266 g/mol. The lowest BCUT2D eigenvalue weighted by Gasteiger charge is -2.16. The van der Waals surface area contributed by atoms with Crippen LogP contribution in [0.1, 0.15) is 6.42 Å². The van der Waals surface area contributed by atoms with E-state index in [0.29, 0.717) is 30.3 Å². The fourth-order valence-electron chi connectivity index (χ4n) is 2.00. The van der Waals surface area contributed by atoms with E-state index < -0.39 is 0 Å². The zero-order chi connectivity index (χ0) is 13.0. The molecule has 1 atom stereocenters. The molecule has 96 valence electrons. The molecule has 1 fully saturated rings. The predicted molar refractivity (Wildman–Crippen MR) is 71.8 cm³/mol. The molecule has 2 rings (SSSR count). The first-order chi connectivity index (χ1) is 8.70. The van der Waals surface area contributed by atoms with E-state index in [0.717, 1.165) is 6.54 Å². The van der Waals surface area contributed by atoms with Crippen LogP contribution in [0.3, 0.4) is 0 Å². The van der Waals surface area contributed by atoms with Gasteiger partial charge in [0, 0.05) is 18.9 Å². The molecule has 0 aromatic heterocycles. The number of carbonyl (C=O) groups excluding carboxylic acids is 1. The van der Waals surface area contributed by atoms with Gasteiger partial charge in [-0.05, 0) is 12.1 Å². The van der Waals surface area contributed by atoms with Crippen molar-refractivity contribution in [3.63, 3.8) is 0 Å². The number of likely N-dealkylation sites (tertiary alicyclic amines) is 1. The number of para-hydroxylation sites is 1. The molecule has 1 unspecified atom stereocenters. The van der Waals surface area contributed by atoms with Gasteiger partial charge in [0.2, 0.25) is 5.91 Å². The van der Waals surface area contributed by atoms with Gasteiger partial charge in [-0.3, -0.25) is 4.79 Å². The standard InChI is InChI=1S/C14H16ClNO2/c1-2-11-9-14(17)16(10-11)7-8-18-13-6-4-3-5-12(13)15/h2-6,11H,1,7-10H2. The van der Waals surface area contributed by atoms with E-state index in [-0.39, 0.29) is 11.8 Å². The normalized spacial score (nSPS) is 19.1. The summed E-state index contributed by atoms with van der Waals surface area (Å²) < 4.78 is 5.56. The quantitative estimate of drug-likeness (QED) is 0.766. The summed E-state index contributed by atoms with van der Waals surface area (Å²) >= 11 is 5.98. The number of rotatable bonds is 5. The second-order valence-electron chi connectivity index (χ2n) is 4.32. The van der Waals surface area contributed by atoms with Crippen LogP contribution in [-0.2, 0) is 4.79 Å². The molecule has 0 radical (unpaired) electrons. The number of halogens is 1. The molecule has 1 aliphatic heterocycles. The minimum atomic E-state index is 0.169. The van der Waals surface area contributed by atoms with Gasteiger partial charge in [-0.25, -0.2) is 0 Å². The van der Waals surface area contributed by atoms with Gasteiger partial charge < -0.3 is 9.64 Å². The third kappa shape index (κ3) is 3.05. The second-order valence-corrected chi connectivity index (χ2v) is 4.73. The Morgan fingerprint density at radius 1 is 1.50 bits per heavy atom. The second kappa shape index (κ2) is 5.91. The Morgan fingerprint density at radius 2 is 2.28 bits per heavy atom. The highest BCUT2D eigenvalue weighted by molar-refractivity contribution is 6.32. The lowest BCUT2D eigenvalue weighted by molar-refractivity contribution is -0.128. The van der Waals surface area contributed by atoms with Crippen LogP contribution in [0.5, 0.6) is 5.75 Å². The van der Waals surface area contributed by atoms with Crippen molar-refractivity contribution in [2.75, 3.05) is 19.7 Å². The van der Waals surface area contributed by atoms with Crippen LogP contribution in [0.4, 0.5) is 0 Å². The van der Waals surface area contributed by atoms with E-state index in [2.05, 4.69) is 6.58 Å². The van der Waals surface area contributed by atoms with E-state index >= 15 is 0 Å². The maximum Gasteiger partial charge on any atom is 0.223 e. The van der Waals surface area contributed by atoms with E-state index in [9.17, 15) is 4.79 Å². The molecule has 0 saturated carbocycles. The van der Waals surface area contributed by atoms with Crippen LogP contribution in [0.2, 0.25) is 5.02 Å². The molecule has 0 spiro atoms. The summed E-state index contributed by atoms with van der Waals surface area (Å²) in [7, 11) is 0. The zero-order valence-corrected chi connectivity index (χ0v) is 10.9. The largest absolute Gasteiger partial charge is 0.490 e. The van der Waals surface area contributed by atoms with Crippen LogP contribution in [-0.4, -0.2) is 30.5 Å². The Kier molecular flexibility index (Phi) is 4.26. The van der Waals surface area contributed by atoms with E-state index in [4.69, 9.17) is 16.3 Å².